The molecule has 0 unspecified atom stereocenters. The number of halogens is 3. The molecule has 20 heavy (non-hydrogen) atoms. The zero-order valence-corrected chi connectivity index (χ0v) is 10.3. The van der Waals surface area contributed by atoms with Crippen molar-refractivity contribution in [1.29, 1.82) is 0 Å². The number of aromatic nitrogens is 5. The van der Waals surface area contributed by atoms with Gasteiger partial charge < -0.3 is 0 Å². The fourth-order valence-corrected chi connectivity index (χ4v) is 1.77. The van der Waals surface area contributed by atoms with Crippen LogP contribution in [0.15, 0.2) is 30.9 Å². The van der Waals surface area contributed by atoms with Crippen LogP contribution in [-0.4, -0.2) is 24.3 Å². The van der Waals surface area contributed by atoms with Crippen LogP contribution in [0.25, 0.3) is 17.2 Å². The van der Waals surface area contributed by atoms with Gasteiger partial charge in [0, 0.05) is 18.1 Å². The lowest BCUT2D eigenvalue weighted by atomic mass is 10.3. The Hall–Kier alpha value is -2.51. The summed E-state index contributed by atoms with van der Waals surface area (Å²) in [6.45, 7) is 1.77. The first-order valence-corrected chi connectivity index (χ1v) is 5.65. The third kappa shape index (κ3) is 2.09. The molecule has 3 aromatic heterocycles. The minimum Gasteiger partial charge on any atom is -0.293 e. The van der Waals surface area contributed by atoms with E-state index in [1.165, 1.54) is 10.6 Å². The minimum atomic E-state index is -4.51. The van der Waals surface area contributed by atoms with Crippen LogP contribution in [0.5, 0.6) is 0 Å². The maximum absolute atomic E-state index is 12.7. The highest BCUT2D eigenvalue weighted by atomic mass is 19.4. The van der Waals surface area contributed by atoms with E-state index in [9.17, 15) is 13.2 Å². The lowest BCUT2D eigenvalue weighted by molar-refractivity contribution is -0.141. The molecule has 0 aliphatic heterocycles. The Balaban J connectivity index is 2.22. The molecule has 0 fully saturated rings. The number of hydrogen-bond acceptors (Lipinski definition) is 4. The van der Waals surface area contributed by atoms with Crippen molar-refractivity contribution < 1.29 is 13.2 Å². The highest BCUT2D eigenvalue weighted by Gasteiger charge is 2.33. The molecule has 3 heterocycles. The molecular formula is C12H8F3N5. The van der Waals surface area contributed by atoms with Crippen molar-refractivity contribution in [2.75, 3.05) is 0 Å². The third-order valence-corrected chi connectivity index (χ3v) is 2.71. The molecule has 0 saturated carbocycles. The van der Waals surface area contributed by atoms with E-state index >= 15 is 0 Å². The second-order valence-electron chi connectivity index (χ2n) is 4.16. The van der Waals surface area contributed by atoms with Crippen LogP contribution < -0.4 is 0 Å². The predicted molar refractivity (Wildman–Crippen MR) is 63.8 cm³/mol. The molecule has 0 atom stereocenters. The first-order valence-electron chi connectivity index (χ1n) is 5.65. The van der Waals surface area contributed by atoms with E-state index in [1.54, 1.807) is 19.2 Å². The van der Waals surface area contributed by atoms with Crippen LogP contribution in [-0.2, 0) is 6.18 Å². The van der Waals surface area contributed by atoms with Crippen LogP contribution in [0.3, 0.4) is 0 Å². The van der Waals surface area contributed by atoms with Gasteiger partial charge in [-0.15, -0.1) is 0 Å². The summed E-state index contributed by atoms with van der Waals surface area (Å²) >= 11 is 0. The molecule has 0 saturated heterocycles. The van der Waals surface area contributed by atoms with Crippen molar-refractivity contribution >= 4 is 5.65 Å². The van der Waals surface area contributed by atoms with Crippen LogP contribution in [0.4, 0.5) is 13.2 Å². The van der Waals surface area contributed by atoms with Crippen LogP contribution in [0, 0.1) is 6.92 Å². The topological polar surface area (TPSA) is 56.0 Å². The summed E-state index contributed by atoms with van der Waals surface area (Å²) in [4.78, 5) is 15.6. The van der Waals surface area contributed by atoms with Crippen molar-refractivity contribution in [2.45, 2.75) is 13.1 Å². The summed E-state index contributed by atoms with van der Waals surface area (Å²) < 4.78 is 39.4. The Morgan fingerprint density at radius 1 is 1.10 bits per heavy atom. The summed E-state index contributed by atoms with van der Waals surface area (Å²) in [6.07, 6.45) is 0.420. The zero-order chi connectivity index (χ0) is 14.3. The molecular weight excluding hydrogens is 271 g/mol. The Morgan fingerprint density at radius 3 is 2.60 bits per heavy atom. The number of rotatable bonds is 1. The predicted octanol–water partition coefficient (Wildman–Crippen LogP) is 2.51. The van der Waals surface area contributed by atoms with Gasteiger partial charge in [0.2, 0.25) is 0 Å². The Morgan fingerprint density at radius 2 is 1.90 bits per heavy atom. The molecule has 0 bridgehead atoms. The number of hydrogen-bond donors (Lipinski definition) is 0. The van der Waals surface area contributed by atoms with Gasteiger partial charge >= 0.3 is 6.18 Å². The molecule has 0 aliphatic rings. The van der Waals surface area contributed by atoms with Crippen molar-refractivity contribution in [2.24, 2.45) is 0 Å². The molecule has 8 heteroatoms. The Labute approximate surface area is 111 Å². The summed E-state index contributed by atoms with van der Waals surface area (Å²) in [5, 5.41) is 0. The van der Waals surface area contributed by atoms with E-state index in [2.05, 4.69) is 19.9 Å². The van der Waals surface area contributed by atoms with Crippen molar-refractivity contribution in [3.05, 3.63) is 42.2 Å². The second-order valence-corrected chi connectivity index (χ2v) is 4.16. The van der Waals surface area contributed by atoms with Crippen LogP contribution in [0.1, 0.15) is 11.4 Å². The molecule has 0 aliphatic carbocycles. The average Bonchev–Trinajstić information content (AvgIpc) is 2.80. The molecule has 5 nitrogen and oxygen atoms in total. The van der Waals surface area contributed by atoms with Crippen LogP contribution in [0.2, 0.25) is 0 Å². The second kappa shape index (κ2) is 4.26. The van der Waals surface area contributed by atoms with E-state index in [4.69, 9.17) is 0 Å². The normalized spacial score (nSPS) is 12.0. The van der Waals surface area contributed by atoms with Gasteiger partial charge in [-0.05, 0) is 13.0 Å². The lowest BCUT2D eigenvalue weighted by Crippen LogP contribution is -2.09. The maximum Gasteiger partial charge on any atom is 0.434 e. The van der Waals surface area contributed by atoms with E-state index in [0.29, 0.717) is 17.2 Å². The number of alkyl halides is 3. The first-order chi connectivity index (χ1) is 9.45. The molecule has 3 rings (SSSR count). The quantitative estimate of drug-likeness (QED) is 0.686. The van der Waals surface area contributed by atoms with Gasteiger partial charge in [0.1, 0.15) is 5.69 Å². The fourth-order valence-electron chi connectivity index (χ4n) is 1.77. The van der Waals surface area contributed by atoms with Crippen LogP contribution >= 0.6 is 0 Å². The first kappa shape index (κ1) is 12.5. The minimum absolute atomic E-state index is 0.304. The summed E-state index contributed by atoms with van der Waals surface area (Å²) in [5.41, 5.74) is 0.418. The molecule has 0 N–H and O–H groups in total. The van der Waals surface area contributed by atoms with Gasteiger partial charge in [-0.3, -0.25) is 4.40 Å². The van der Waals surface area contributed by atoms with Crippen molar-refractivity contribution in [1.82, 2.24) is 24.3 Å². The number of imidazole rings is 1. The molecule has 0 radical (unpaired) electrons. The number of aryl methyl sites for hydroxylation is 1. The molecule has 0 aromatic carbocycles. The maximum atomic E-state index is 12.7. The summed E-state index contributed by atoms with van der Waals surface area (Å²) in [5.74, 6) is 0.317. The third-order valence-electron chi connectivity index (χ3n) is 2.71. The molecule has 102 valence electrons. The fraction of sp³-hybridized carbons (Fsp3) is 0.167. The van der Waals surface area contributed by atoms with E-state index < -0.39 is 11.9 Å². The van der Waals surface area contributed by atoms with Gasteiger partial charge in [0.25, 0.3) is 0 Å². The average molecular weight is 279 g/mol. The largest absolute Gasteiger partial charge is 0.434 e. The number of nitrogens with zero attached hydrogens (tertiary/aromatic N) is 5. The lowest BCUT2D eigenvalue weighted by Gasteiger charge is -2.07. The SMILES string of the molecule is Cc1ccnc(-c2cnc3cnc(C(F)(F)F)cn23)n1. The number of fused-ring (bicyclic) bond motifs is 1. The molecule has 0 amide bonds. The smallest absolute Gasteiger partial charge is 0.293 e. The Kier molecular flexibility index (Phi) is 2.66. The van der Waals surface area contributed by atoms with Gasteiger partial charge in [-0.25, -0.2) is 19.9 Å². The van der Waals surface area contributed by atoms with E-state index in [-0.39, 0.29) is 0 Å². The highest BCUT2D eigenvalue weighted by Crippen LogP contribution is 2.28. The van der Waals surface area contributed by atoms with Crippen molar-refractivity contribution in [3.8, 4) is 11.5 Å². The van der Waals surface area contributed by atoms with Gasteiger partial charge in [-0.1, -0.05) is 0 Å². The summed E-state index contributed by atoms with van der Waals surface area (Å²) in [7, 11) is 0. The van der Waals surface area contributed by atoms with Gasteiger partial charge in [-0.2, -0.15) is 13.2 Å². The van der Waals surface area contributed by atoms with Crippen molar-refractivity contribution in [3.63, 3.8) is 0 Å². The zero-order valence-electron chi connectivity index (χ0n) is 10.3. The highest BCUT2D eigenvalue weighted by molar-refractivity contribution is 5.56. The van der Waals surface area contributed by atoms with E-state index in [1.807, 2.05) is 0 Å². The Bertz CT molecular complexity index is 778. The van der Waals surface area contributed by atoms with E-state index in [0.717, 1.165) is 18.1 Å². The van der Waals surface area contributed by atoms with Gasteiger partial charge in [0.15, 0.2) is 17.2 Å². The summed E-state index contributed by atoms with van der Waals surface area (Å²) in [6, 6.07) is 1.70. The monoisotopic (exact) mass is 279 g/mol. The molecule has 0 spiro atoms. The standard InChI is InChI=1S/C12H8F3N5/c1-7-2-3-16-11(19-7)8-4-18-10-5-17-9(6-20(8)10)12(13,14)15/h2-6H,1H3. The van der Waals surface area contributed by atoms with Gasteiger partial charge in [0.05, 0.1) is 12.4 Å². The molecule has 3 aromatic rings.